The van der Waals surface area contributed by atoms with Crippen LogP contribution < -0.4 is 5.32 Å². The molecule has 0 amide bonds. The van der Waals surface area contributed by atoms with Crippen molar-refractivity contribution in [3.05, 3.63) is 17.8 Å². The Bertz CT molecular complexity index is 257. The van der Waals surface area contributed by atoms with Gasteiger partial charge in [-0.3, -0.25) is 0 Å². The first-order valence-electron chi connectivity index (χ1n) is 5.82. The molecule has 0 unspecified atom stereocenters. The largest absolute Gasteiger partial charge is 0.372 e. The summed E-state index contributed by atoms with van der Waals surface area (Å²) < 4.78 is 0. The van der Waals surface area contributed by atoms with Gasteiger partial charge < -0.3 is 5.32 Å². The number of anilines is 1. The molecular weight excluding hydrogens is 186 g/mol. The van der Waals surface area contributed by atoms with Crippen LogP contribution >= 0.6 is 0 Å². The highest BCUT2D eigenvalue weighted by Gasteiger charge is 2.07. The predicted octanol–water partition coefficient (Wildman–Crippen LogP) is 3.45. The molecule has 0 aliphatic rings. The number of nitrogens with one attached hydrogen (secondary N) is 1. The van der Waals surface area contributed by atoms with Crippen LogP contribution in [0.2, 0.25) is 0 Å². The summed E-state index contributed by atoms with van der Waals surface area (Å²) in [6, 6.07) is 2.07. The second kappa shape index (κ2) is 8.21. The monoisotopic (exact) mass is 209 g/mol. The highest BCUT2D eigenvalue weighted by molar-refractivity contribution is 5.35. The molecule has 0 aliphatic heterocycles. The molecule has 1 heterocycles. The topological polar surface area (TPSA) is 37.8 Å². The summed E-state index contributed by atoms with van der Waals surface area (Å²) >= 11 is 0. The summed E-state index contributed by atoms with van der Waals surface area (Å²) in [6.45, 7) is 8.40. The summed E-state index contributed by atoms with van der Waals surface area (Å²) in [5.74, 6) is 1.46. The van der Waals surface area contributed by atoms with Gasteiger partial charge in [0.15, 0.2) is 0 Å². The Labute approximate surface area is 93.3 Å². The number of hydrogen-bond acceptors (Lipinski definition) is 3. The van der Waals surface area contributed by atoms with Crippen molar-refractivity contribution in [2.24, 2.45) is 0 Å². The number of rotatable bonds is 4. The van der Waals surface area contributed by atoms with Gasteiger partial charge in [-0.2, -0.15) is 5.10 Å². The minimum absolute atomic E-state index is 0.614. The summed E-state index contributed by atoms with van der Waals surface area (Å²) in [5, 5.41) is 10.9. The second-order valence-corrected chi connectivity index (χ2v) is 3.14. The average molecular weight is 209 g/mol. The van der Waals surface area contributed by atoms with Gasteiger partial charge in [0.25, 0.3) is 0 Å². The third-order valence-electron chi connectivity index (χ3n) is 2.39. The van der Waals surface area contributed by atoms with Gasteiger partial charge in [0.1, 0.15) is 5.82 Å². The van der Waals surface area contributed by atoms with Gasteiger partial charge >= 0.3 is 0 Å². The second-order valence-electron chi connectivity index (χ2n) is 3.14. The number of aromatic nitrogens is 2. The minimum Gasteiger partial charge on any atom is -0.372 e. The van der Waals surface area contributed by atoms with Crippen LogP contribution in [-0.2, 0) is 0 Å². The molecule has 0 fully saturated rings. The maximum Gasteiger partial charge on any atom is 0.148 e. The fraction of sp³-hybridized carbons (Fsp3) is 0.667. The van der Waals surface area contributed by atoms with Crippen LogP contribution in [0.4, 0.5) is 5.82 Å². The first-order chi connectivity index (χ1) is 7.31. The smallest absolute Gasteiger partial charge is 0.148 e. The van der Waals surface area contributed by atoms with Gasteiger partial charge in [-0.15, -0.1) is 5.10 Å². The van der Waals surface area contributed by atoms with Gasteiger partial charge in [-0.05, 0) is 30.4 Å². The first kappa shape index (κ1) is 13.9. The van der Waals surface area contributed by atoms with E-state index in [2.05, 4.69) is 35.4 Å². The summed E-state index contributed by atoms with van der Waals surface area (Å²) in [5.41, 5.74) is 1.28. The van der Waals surface area contributed by atoms with Crippen molar-refractivity contribution < 1.29 is 0 Å². The number of nitrogens with zero attached hydrogens (tertiary/aromatic N) is 2. The molecule has 0 saturated carbocycles. The van der Waals surface area contributed by atoms with E-state index in [0.29, 0.717) is 5.92 Å². The van der Waals surface area contributed by atoms with E-state index in [4.69, 9.17) is 0 Å². The van der Waals surface area contributed by atoms with Gasteiger partial charge in [0.2, 0.25) is 0 Å². The first-order valence-corrected chi connectivity index (χ1v) is 5.82. The fourth-order valence-electron chi connectivity index (χ4n) is 1.49. The lowest BCUT2D eigenvalue weighted by Crippen LogP contribution is -2.00. The zero-order chi connectivity index (χ0) is 11.7. The van der Waals surface area contributed by atoms with Crippen LogP contribution in [0.15, 0.2) is 12.3 Å². The van der Waals surface area contributed by atoms with Crippen LogP contribution in [0, 0.1) is 0 Å². The molecule has 1 aromatic heterocycles. The highest BCUT2D eigenvalue weighted by atomic mass is 15.2. The highest BCUT2D eigenvalue weighted by Crippen LogP contribution is 2.22. The van der Waals surface area contributed by atoms with E-state index in [0.717, 1.165) is 18.7 Å². The predicted molar refractivity (Wildman–Crippen MR) is 66.2 cm³/mol. The van der Waals surface area contributed by atoms with Gasteiger partial charge in [-0.1, -0.05) is 27.7 Å². The molecule has 0 atom stereocenters. The van der Waals surface area contributed by atoms with Crippen molar-refractivity contribution in [3.8, 4) is 0 Å². The normalized spacial score (nSPS) is 9.47. The molecule has 1 aromatic rings. The van der Waals surface area contributed by atoms with Crippen molar-refractivity contribution in [2.45, 2.75) is 46.5 Å². The van der Waals surface area contributed by atoms with Crippen LogP contribution in [0.1, 0.15) is 52.0 Å². The third-order valence-corrected chi connectivity index (χ3v) is 2.39. The lowest BCUT2D eigenvalue weighted by molar-refractivity contribution is 0.637. The van der Waals surface area contributed by atoms with Crippen molar-refractivity contribution in [2.75, 3.05) is 12.4 Å². The Hall–Kier alpha value is -1.12. The zero-order valence-electron chi connectivity index (χ0n) is 10.5. The standard InChI is InChI=1S/C10H17N3.C2H6/c1-4-8(5-2)9-6-10(11-3)13-12-7-9;1-2/h6-8H,4-5H2,1-3H3,(H,11,13);1-2H3. The lowest BCUT2D eigenvalue weighted by atomic mass is 9.96. The molecule has 0 radical (unpaired) electrons. The van der Waals surface area contributed by atoms with E-state index >= 15 is 0 Å². The summed E-state index contributed by atoms with van der Waals surface area (Å²) in [6.07, 6.45) is 4.18. The Balaban J connectivity index is 0.000000921. The third kappa shape index (κ3) is 4.28. The Morgan fingerprint density at radius 3 is 2.33 bits per heavy atom. The molecule has 0 bridgehead atoms. The summed E-state index contributed by atoms with van der Waals surface area (Å²) in [7, 11) is 1.86. The molecule has 1 rings (SSSR count). The van der Waals surface area contributed by atoms with Crippen LogP contribution in [0.5, 0.6) is 0 Å². The van der Waals surface area contributed by atoms with Crippen molar-refractivity contribution in [1.29, 1.82) is 0 Å². The van der Waals surface area contributed by atoms with Gasteiger partial charge in [-0.25, -0.2) is 0 Å². The van der Waals surface area contributed by atoms with Crippen molar-refractivity contribution in [1.82, 2.24) is 10.2 Å². The molecule has 0 aromatic carbocycles. The van der Waals surface area contributed by atoms with E-state index in [1.807, 2.05) is 27.1 Å². The quantitative estimate of drug-likeness (QED) is 0.825. The molecular formula is C12H23N3. The average Bonchev–Trinajstić information content (AvgIpc) is 2.33. The fourth-order valence-corrected chi connectivity index (χ4v) is 1.49. The molecule has 0 aliphatic carbocycles. The van der Waals surface area contributed by atoms with Crippen LogP contribution in [-0.4, -0.2) is 17.2 Å². The maximum absolute atomic E-state index is 3.96. The van der Waals surface area contributed by atoms with Crippen LogP contribution in [0.25, 0.3) is 0 Å². The van der Waals surface area contributed by atoms with E-state index < -0.39 is 0 Å². The Morgan fingerprint density at radius 2 is 1.87 bits per heavy atom. The Morgan fingerprint density at radius 1 is 1.27 bits per heavy atom. The molecule has 86 valence electrons. The van der Waals surface area contributed by atoms with Crippen LogP contribution in [0.3, 0.4) is 0 Å². The molecule has 15 heavy (non-hydrogen) atoms. The molecule has 1 N–H and O–H groups in total. The minimum atomic E-state index is 0.614. The maximum atomic E-state index is 3.96. The zero-order valence-corrected chi connectivity index (χ0v) is 10.5. The van der Waals surface area contributed by atoms with Crippen molar-refractivity contribution >= 4 is 5.82 Å². The van der Waals surface area contributed by atoms with Gasteiger partial charge in [0, 0.05) is 7.05 Å². The lowest BCUT2D eigenvalue weighted by Gasteiger charge is -2.12. The SMILES string of the molecule is CC.CCC(CC)c1cnnc(NC)c1. The van der Waals surface area contributed by atoms with E-state index in [9.17, 15) is 0 Å². The number of hydrogen-bond donors (Lipinski definition) is 1. The van der Waals surface area contributed by atoms with E-state index in [1.54, 1.807) is 0 Å². The Kier molecular flexibility index (Phi) is 7.60. The summed E-state index contributed by atoms with van der Waals surface area (Å²) in [4.78, 5) is 0. The van der Waals surface area contributed by atoms with Crippen molar-refractivity contribution in [3.63, 3.8) is 0 Å². The van der Waals surface area contributed by atoms with E-state index in [1.165, 1.54) is 5.56 Å². The van der Waals surface area contributed by atoms with E-state index in [-0.39, 0.29) is 0 Å². The molecule has 0 spiro atoms. The molecule has 0 saturated heterocycles. The van der Waals surface area contributed by atoms with Gasteiger partial charge in [0.05, 0.1) is 6.20 Å². The molecule has 3 heteroatoms. The molecule has 3 nitrogen and oxygen atoms in total.